The molecular weight excluding hydrogens is 406 g/mol. The number of H-pyrrole nitrogens is 1. The van der Waals surface area contributed by atoms with Gasteiger partial charge in [-0.15, -0.1) is 0 Å². The molecule has 1 aliphatic heterocycles. The maximum atomic E-state index is 4.81. The van der Waals surface area contributed by atoms with Crippen LogP contribution in [0.15, 0.2) is 48.7 Å². The van der Waals surface area contributed by atoms with E-state index < -0.39 is 0 Å². The number of rotatable bonds is 3. The van der Waals surface area contributed by atoms with Crippen molar-refractivity contribution in [2.45, 2.75) is 88.5 Å². The number of hydrogen-bond acceptors (Lipinski definition) is 4. The van der Waals surface area contributed by atoms with Crippen LogP contribution in [0.4, 0.5) is 0 Å². The van der Waals surface area contributed by atoms with Crippen LogP contribution in [0, 0.1) is 0 Å². The maximum absolute atomic E-state index is 4.81. The number of aromatic nitrogens is 3. The lowest BCUT2D eigenvalue weighted by Gasteiger charge is -2.48. The summed E-state index contributed by atoms with van der Waals surface area (Å²) >= 11 is 0. The number of hydrogen-bond donors (Lipinski definition) is 2. The van der Waals surface area contributed by atoms with Crippen molar-refractivity contribution in [1.29, 1.82) is 0 Å². The molecule has 0 bridgehead atoms. The van der Waals surface area contributed by atoms with Gasteiger partial charge in [0.05, 0.1) is 11.2 Å². The molecule has 0 spiro atoms. The van der Waals surface area contributed by atoms with Gasteiger partial charge in [0.1, 0.15) is 0 Å². The Morgan fingerprint density at radius 2 is 1.67 bits per heavy atom. The van der Waals surface area contributed by atoms with E-state index in [-0.39, 0.29) is 5.54 Å². The van der Waals surface area contributed by atoms with Gasteiger partial charge >= 0.3 is 0 Å². The third-order valence-corrected chi connectivity index (χ3v) is 7.91. The Morgan fingerprint density at radius 3 is 2.55 bits per heavy atom. The van der Waals surface area contributed by atoms with E-state index >= 15 is 0 Å². The Morgan fingerprint density at radius 1 is 0.848 bits per heavy atom. The smallest absolute Gasteiger partial charge is 0.0874 e. The summed E-state index contributed by atoms with van der Waals surface area (Å²) in [4.78, 5) is 3.84. The number of hydrazine groups is 1. The van der Waals surface area contributed by atoms with E-state index in [4.69, 9.17) is 5.10 Å². The van der Waals surface area contributed by atoms with Gasteiger partial charge in [-0.3, -0.25) is 5.43 Å². The summed E-state index contributed by atoms with van der Waals surface area (Å²) in [5, 5.41) is 13.1. The van der Waals surface area contributed by atoms with Gasteiger partial charge in [-0.1, -0.05) is 69.6 Å². The molecule has 3 aromatic rings. The first kappa shape index (κ1) is 22.5. The molecule has 0 radical (unpaired) electrons. The largest absolute Gasteiger partial charge is 0.358 e. The summed E-state index contributed by atoms with van der Waals surface area (Å²) in [6.07, 6.45) is 17.0. The molecule has 2 N–H and O–H groups in total. The van der Waals surface area contributed by atoms with Crippen LogP contribution in [0.5, 0.6) is 0 Å². The average molecular weight is 446 g/mol. The van der Waals surface area contributed by atoms with Crippen molar-refractivity contribution >= 4 is 10.9 Å². The van der Waals surface area contributed by atoms with Crippen LogP contribution in [0.1, 0.15) is 94.4 Å². The first-order valence-corrected chi connectivity index (χ1v) is 13.2. The van der Waals surface area contributed by atoms with Crippen molar-refractivity contribution in [2.75, 3.05) is 13.1 Å². The molecule has 1 saturated heterocycles. The predicted molar refractivity (Wildman–Crippen MR) is 135 cm³/mol. The lowest BCUT2D eigenvalue weighted by atomic mass is 9.72. The van der Waals surface area contributed by atoms with E-state index in [9.17, 15) is 0 Å². The Kier molecular flexibility index (Phi) is 7.37. The minimum atomic E-state index is -0.205. The fourth-order valence-corrected chi connectivity index (χ4v) is 6.24. The average Bonchev–Trinajstić information content (AvgIpc) is 3.36. The predicted octanol–water partition coefficient (Wildman–Crippen LogP) is 6.45. The zero-order chi connectivity index (χ0) is 22.3. The Labute approximate surface area is 198 Å². The number of benzene rings is 1. The van der Waals surface area contributed by atoms with Gasteiger partial charge in [-0.05, 0) is 55.3 Å². The van der Waals surface area contributed by atoms with E-state index in [2.05, 4.69) is 63.0 Å². The van der Waals surface area contributed by atoms with Gasteiger partial charge in [-0.25, -0.2) is 5.01 Å². The monoisotopic (exact) mass is 445 g/mol. The molecule has 0 amide bonds. The van der Waals surface area contributed by atoms with Crippen molar-refractivity contribution in [2.24, 2.45) is 0 Å². The van der Waals surface area contributed by atoms with Gasteiger partial charge in [0.2, 0.25) is 0 Å². The van der Waals surface area contributed by atoms with E-state index in [0.717, 1.165) is 25.2 Å². The molecule has 2 atom stereocenters. The molecule has 2 unspecified atom stereocenters. The lowest BCUT2D eigenvalue weighted by molar-refractivity contribution is -0.00917. The van der Waals surface area contributed by atoms with Crippen LogP contribution < -0.4 is 5.43 Å². The summed E-state index contributed by atoms with van der Waals surface area (Å²) in [6, 6.07) is 15.4. The van der Waals surface area contributed by atoms with Crippen molar-refractivity contribution in [3.8, 4) is 0 Å². The van der Waals surface area contributed by atoms with Gasteiger partial charge < -0.3 is 4.98 Å². The van der Waals surface area contributed by atoms with Crippen molar-refractivity contribution in [3.63, 3.8) is 0 Å². The molecule has 2 fully saturated rings. The quantitative estimate of drug-likeness (QED) is 0.486. The van der Waals surface area contributed by atoms with Crippen LogP contribution in [0.2, 0.25) is 0 Å². The summed E-state index contributed by atoms with van der Waals surface area (Å²) in [6.45, 7) is 2.11. The minimum Gasteiger partial charge on any atom is -0.358 e. The number of fused-ring (bicyclic) bond motifs is 1. The van der Waals surface area contributed by atoms with Gasteiger partial charge in [0.15, 0.2) is 0 Å². The summed E-state index contributed by atoms with van der Waals surface area (Å²) < 4.78 is 0. The molecule has 5 heteroatoms. The molecule has 1 aromatic carbocycles. The highest BCUT2D eigenvalue weighted by atomic mass is 15.5. The Hall–Kier alpha value is -2.24. The standard InChI is InChI=1S/C28H39N5/c1-3-7-15-24(26-22-23-14-8-9-16-25(23)31-26)28(18-10-4-1,27-17-13-19-29-32-27)33-21-12-6-2-5-11-20-30-33/h8-9,13-14,16-17,19,22,24,30-31H,1-7,10-12,15,18,20-21H2. The van der Waals surface area contributed by atoms with Crippen LogP contribution in [0.3, 0.4) is 0 Å². The molecule has 3 heterocycles. The molecule has 5 nitrogen and oxygen atoms in total. The fourth-order valence-electron chi connectivity index (χ4n) is 6.24. The van der Waals surface area contributed by atoms with Crippen LogP contribution >= 0.6 is 0 Å². The van der Waals surface area contributed by atoms with Gasteiger partial charge in [0.25, 0.3) is 0 Å². The minimum absolute atomic E-state index is 0.205. The van der Waals surface area contributed by atoms with Crippen LogP contribution in [0.25, 0.3) is 10.9 Å². The Balaban J connectivity index is 1.66. The molecule has 2 aliphatic rings. The highest BCUT2D eigenvalue weighted by molar-refractivity contribution is 5.80. The second-order valence-corrected chi connectivity index (χ2v) is 10.0. The number of nitrogens with one attached hydrogen (secondary N) is 2. The molecule has 1 saturated carbocycles. The fraction of sp³-hybridized carbons (Fsp3) is 0.571. The lowest BCUT2D eigenvalue weighted by Crippen LogP contribution is -2.57. The second kappa shape index (κ2) is 10.8. The highest BCUT2D eigenvalue weighted by Crippen LogP contribution is 2.48. The topological polar surface area (TPSA) is 56.8 Å². The maximum Gasteiger partial charge on any atom is 0.0874 e. The number of aromatic amines is 1. The normalized spacial score (nSPS) is 26.5. The molecule has 5 rings (SSSR count). The summed E-state index contributed by atoms with van der Waals surface area (Å²) in [7, 11) is 0. The Bertz CT molecular complexity index is 957. The zero-order valence-corrected chi connectivity index (χ0v) is 19.9. The van der Waals surface area contributed by atoms with Crippen LogP contribution in [-0.4, -0.2) is 33.3 Å². The van der Waals surface area contributed by atoms with E-state index in [1.54, 1.807) is 0 Å². The third-order valence-electron chi connectivity index (χ3n) is 7.91. The van der Waals surface area contributed by atoms with E-state index in [0.29, 0.717) is 5.92 Å². The number of para-hydroxylation sites is 1. The van der Waals surface area contributed by atoms with E-state index in [1.807, 2.05) is 6.20 Å². The van der Waals surface area contributed by atoms with Crippen molar-refractivity contribution < 1.29 is 0 Å². The molecule has 33 heavy (non-hydrogen) atoms. The van der Waals surface area contributed by atoms with Crippen molar-refractivity contribution in [3.05, 3.63) is 60.0 Å². The first-order valence-electron chi connectivity index (χ1n) is 13.2. The molecule has 2 aromatic heterocycles. The highest BCUT2D eigenvalue weighted by Gasteiger charge is 2.47. The molecule has 1 aliphatic carbocycles. The number of nitrogens with zero attached hydrogens (tertiary/aromatic N) is 3. The van der Waals surface area contributed by atoms with Crippen LogP contribution in [-0.2, 0) is 5.54 Å². The first-order chi connectivity index (χ1) is 16.4. The molecular formula is C28H39N5. The van der Waals surface area contributed by atoms with Crippen molar-refractivity contribution in [1.82, 2.24) is 25.6 Å². The summed E-state index contributed by atoms with van der Waals surface area (Å²) in [5.41, 5.74) is 7.43. The van der Waals surface area contributed by atoms with E-state index in [1.165, 1.54) is 87.2 Å². The third kappa shape index (κ3) is 4.85. The second-order valence-electron chi connectivity index (χ2n) is 10.0. The van der Waals surface area contributed by atoms with Gasteiger partial charge in [-0.2, -0.15) is 10.2 Å². The molecule has 176 valence electrons. The zero-order valence-electron chi connectivity index (χ0n) is 19.9. The van der Waals surface area contributed by atoms with Gasteiger partial charge in [0, 0.05) is 36.4 Å². The summed E-state index contributed by atoms with van der Waals surface area (Å²) in [5.74, 6) is 0.341. The SMILES string of the molecule is c1cnnc(C2(N3CCCCCCCN3)CCCCCCCC2c2cc3ccccc3[nH]2)c1.